The monoisotopic (exact) mass is 626 g/mol. The number of para-hydroxylation sites is 1. The Labute approximate surface area is 267 Å². The third-order valence-electron chi connectivity index (χ3n) is 8.19. The number of benzene rings is 3. The Bertz CT molecular complexity index is 1640. The van der Waals surface area contributed by atoms with Gasteiger partial charge in [-0.2, -0.15) is 5.10 Å². The number of aromatic nitrogens is 2. The number of nitrogens with zero attached hydrogens (tertiary/aromatic N) is 5. The molecule has 4 amide bonds. The number of halogens is 1. The molecule has 4 aromatic rings. The molecular weight excluding hydrogens is 592 g/mol. The molecule has 0 saturated carbocycles. The summed E-state index contributed by atoms with van der Waals surface area (Å²) in [4.78, 5) is 45.8. The molecule has 1 saturated heterocycles. The van der Waals surface area contributed by atoms with Crippen molar-refractivity contribution in [2.24, 2.45) is 0 Å². The Morgan fingerprint density at radius 2 is 1.73 bits per heavy atom. The summed E-state index contributed by atoms with van der Waals surface area (Å²) in [7, 11) is 0. The first-order valence-electron chi connectivity index (χ1n) is 15.1. The first kappa shape index (κ1) is 30.4. The van der Waals surface area contributed by atoms with Crippen LogP contribution in [0.25, 0.3) is 5.69 Å². The van der Waals surface area contributed by atoms with E-state index in [-0.39, 0.29) is 44.1 Å². The molecule has 2 aliphatic rings. The van der Waals surface area contributed by atoms with Gasteiger partial charge in [0.1, 0.15) is 0 Å². The summed E-state index contributed by atoms with van der Waals surface area (Å²) >= 11 is 6.70. The molecule has 45 heavy (non-hydrogen) atoms. The summed E-state index contributed by atoms with van der Waals surface area (Å²) < 4.78 is 7.82. The number of urea groups is 1. The number of amides is 4. The lowest BCUT2D eigenvalue weighted by Gasteiger charge is -2.32. The van der Waals surface area contributed by atoms with Gasteiger partial charge in [-0.05, 0) is 54.3 Å². The van der Waals surface area contributed by atoms with Crippen LogP contribution in [0.1, 0.15) is 34.3 Å². The number of ether oxygens (including phenoxy) is 1. The molecule has 0 unspecified atom stereocenters. The van der Waals surface area contributed by atoms with E-state index >= 15 is 0 Å². The summed E-state index contributed by atoms with van der Waals surface area (Å²) in [5, 5.41) is 7.38. The van der Waals surface area contributed by atoms with Gasteiger partial charge in [0.15, 0.2) is 0 Å². The molecule has 2 aliphatic heterocycles. The Kier molecular flexibility index (Phi) is 9.42. The van der Waals surface area contributed by atoms with Gasteiger partial charge in [0.05, 0.1) is 42.1 Å². The second kappa shape index (κ2) is 14.0. The molecule has 3 heterocycles. The molecule has 0 spiro atoms. The molecule has 6 rings (SSSR count). The number of fused-ring (bicyclic) bond motifs is 1. The number of carbonyl (C=O) groups excluding carboxylic acids is 3. The molecule has 1 atom stereocenters. The second-order valence-corrected chi connectivity index (χ2v) is 11.6. The normalized spacial score (nSPS) is 16.3. The zero-order valence-electron chi connectivity index (χ0n) is 24.8. The van der Waals surface area contributed by atoms with Crippen LogP contribution >= 0.6 is 11.6 Å². The number of hydrogen-bond donors (Lipinski definition) is 1. The molecule has 1 aromatic heterocycles. The van der Waals surface area contributed by atoms with Crippen LogP contribution in [0.5, 0.6) is 0 Å². The molecule has 0 bridgehead atoms. The van der Waals surface area contributed by atoms with Gasteiger partial charge in [0.25, 0.3) is 5.91 Å². The van der Waals surface area contributed by atoms with Crippen LogP contribution in [0.15, 0.2) is 91.3 Å². The first-order valence-corrected chi connectivity index (χ1v) is 15.5. The standard InChI is InChI=1S/C34H35ClN6O4/c35-30-19-27(41-18-8-15-37-41)13-14-29(30)33(43)40-22-28(24-45-23-25-9-2-1-3-10-25)39(21-26-11-4-5-12-31(26)40)34(44)36-20-32(42)38-16-6-7-17-38/h1-5,8-15,18-19,28H,6-7,16-17,20-24H2,(H,36,44)/t28-/m0/s1. The van der Waals surface area contributed by atoms with Gasteiger partial charge in [-0.25, -0.2) is 9.48 Å². The fourth-order valence-electron chi connectivity index (χ4n) is 5.81. The molecule has 1 fully saturated rings. The van der Waals surface area contributed by atoms with Crippen molar-refractivity contribution in [2.45, 2.75) is 32.0 Å². The smallest absolute Gasteiger partial charge is 0.318 e. The minimum atomic E-state index is -0.519. The highest BCUT2D eigenvalue weighted by molar-refractivity contribution is 6.34. The minimum absolute atomic E-state index is 0.0879. The number of nitrogens with one attached hydrogen (secondary N) is 1. The van der Waals surface area contributed by atoms with Crippen LogP contribution in [0, 0.1) is 0 Å². The Balaban J connectivity index is 1.27. The zero-order chi connectivity index (χ0) is 31.2. The molecular formula is C34H35ClN6O4. The van der Waals surface area contributed by atoms with E-state index in [4.69, 9.17) is 16.3 Å². The van der Waals surface area contributed by atoms with E-state index in [1.165, 1.54) is 0 Å². The van der Waals surface area contributed by atoms with Crippen LogP contribution in [0.3, 0.4) is 0 Å². The van der Waals surface area contributed by atoms with Crippen molar-refractivity contribution in [1.29, 1.82) is 0 Å². The summed E-state index contributed by atoms with van der Waals surface area (Å²) in [6, 6.07) is 23.4. The van der Waals surface area contributed by atoms with Gasteiger partial charge in [0, 0.05) is 44.3 Å². The summed E-state index contributed by atoms with van der Waals surface area (Å²) in [5.74, 6) is -0.392. The van der Waals surface area contributed by atoms with E-state index in [0.29, 0.717) is 36.0 Å². The van der Waals surface area contributed by atoms with Crippen molar-refractivity contribution in [2.75, 3.05) is 37.7 Å². The van der Waals surface area contributed by atoms with Gasteiger partial charge >= 0.3 is 6.03 Å². The van der Waals surface area contributed by atoms with Crippen LogP contribution < -0.4 is 10.2 Å². The highest BCUT2D eigenvalue weighted by atomic mass is 35.5. The van der Waals surface area contributed by atoms with Gasteiger partial charge < -0.3 is 24.8 Å². The average Bonchev–Trinajstić information content (AvgIpc) is 3.78. The third kappa shape index (κ3) is 7.02. The van der Waals surface area contributed by atoms with Crippen molar-refractivity contribution in [3.63, 3.8) is 0 Å². The molecule has 3 aromatic carbocycles. The number of carbonyl (C=O) groups is 3. The molecule has 232 valence electrons. The lowest BCUT2D eigenvalue weighted by atomic mass is 10.1. The van der Waals surface area contributed by atoms with Crippen LogP contribution in [0.2, 0.25) is 5.02 Å². The van der Waals surface area contributed by atoms with Crippen molar-refractivity contribution in [3.8, 4) is 5.69 Å². The van der Waals surface area contributed by atoms with Crippen molar-refractivity contribution >= 4 is 35.1 Å². The first-order chi connectivity index (χ1) is 22.0. The van der Waals surface area contributed by atoms with E-state index in [0.717, 1.165) is 29.7 Å². The molecule has 10 nitrogen and oxygen atoms in total. The Morgan fingerprint density at radius 1 is 0.956 bits per heavy atom. The largest absolute Gasteiger partial charge is 0.375 e. The Hall–Kier alpha value is -4.67. The summed E-state index contributed by atoms with van der Waals surface area (Å²) in [6.45, 7) is 2.25. The number of rotatable bonds is 8. The minimum Gasteiger partial charge on any atom is -0.375 e. The summed E-state index contributed by atoms with van der Waals surface area (Å²) in [6.07, 6.45) is 5.43. The lowest BCUT2D eigenvalue weighted by molar-refractivity contribution is -0.129. The Morgan fingerprint density at radius 3 is 2.49 bits per heavy atom. The van der Waals surface area contributed by atoms with Crippen LogP contribution in [-0.2, 0) is 22.7 Å². The van der Waals surface area contributed by atoms with E-state index in [1.807, 2.05) is 60.7 Å². The highest BCUT2D eigenvalue weighted by Crippen LogP contribution is 2.31. The highest BCUT2D eigenvalue weighted by Gasteiger charge is 2.35. The molecule has 1 N–H and O–H groups in total. The van der Waals surface area contributed by atoms with E-state index in [9.17, 15) is 14.4 Å². The number of anilines is 1. The van der Waals surface area contributed by atoms with Crippen LogP contribution in [-0.4, -0.2) is 76.3 Å². The number of likely N-dealkylation sites (tertiary alicyclic amines) is 1. The second-order valence-electron chi connectivity index (χ2n) is 11.2. The quantitative estimate of drug-likeness (QED) is 0.300. The SMILES string of the molecule is O=C(CNC(=O)N1Cc2ccccc2N(C(=O)c2ccc(-n3cccn3)cc2Cl)C[C@H]1COCc1ccccc1)N1CCCC1. The fraction of sp³-hybridized carbons (Fsp3) is 0.294. The molecule has 0 aliphatic carbocycles. The van der Waals surface area contributed by atoms with Crippen molar-refractivity contribution in [1.82, 2.24) is 24.9 Å². The maximum atomic E-state index is 14.2. The lowest BCUT2D eigenvalue weighted by Crippen LogP contribution is -2.52. The number of hydrogen-bond acceptors (Lipinski definition) is 5. The van der Waals surface area contributed by atoms with Crippen molar-refractivity contribution < 1.29 is 19.1 Å². The van der Waals surface area contributed by atoms with E-state index < -0.39 is 6.04 Å². The summed E-state index contributed by atoms with van der Waals surface area (Å²) in [5.41, 5.74) is 3.54. The topological polar surface area (TPSA) is 100 Å². The predicted octanol–water partition coefficient (Wildman–Crippen LogP) is 4.91. The van der Waals surface area contributed by atoms with E-state index in [2.05, 4.69) is 10.4 Å². The van der Waals surface area contributed by atoms with Gasteiger partial charge in [-0.15, -0.1) is 0 Å². The maximum Gasteiger partial charge on any atom is 0.318 e. The van der Waals surface area contributed by atoms with E-state index in [1.54, 1.807) is 50.0 Å². The maximum absolute atomic E-state index is 14.2. The average molecular weight is 627 g/mol. The predicted molar refractivity (Wildman–Crippen MR) is 171 cm³/mol. The molecule has 11 heteroatoms. The fourth-order valence-corrected chi connectivity index (χ4v) is 6.06. The van der Waals surface area contributed by atoms with Crippen LogP contribution in [0.4, 0.5) is 10.5 Å². The van der Waals surface area contributed by atoms with Gasteiger partial charge in [-0.1, -0.05) is 60.1 Å². The van der Waals surface area contributed by atoms with Crippen molar-refractivity contribution in [3.05, 3.63) is 113 Å². The third-order valence-corrected chi connectivity index (χ3v) is 8.50. The molecule has 0 radical (unpaired) electrons. The zero-order valence-corrected chi connectivity index (χ0v) is 25.6. The van der Waals surface area contributed by atoms with Gasteiger partial charge in [-0.3, -0.25) is 9.59 Å². The van der Waals surface area contributed by atoms with Gasteiger partial charge in [0.2, 0.25) is 5.91 Å².